The van der Waals surface area contributed by atoms with Crippen molar-refractivity contribution in [2.45, 2.75) is 38.6 Å². The molecule has 5 heteroatoms. The molecule has 2 rings (SSSR count). The van der Waals surface area contributed by atoms with E-state index in [1.807, 2.05) is 20.0 Å². The van der Waals surface area contributed by atoms with Crippen LogP contribution < -0.4 is 10.6 Å². The Balaban J connectivity index is 2.40. The van der Waals surface area contributed by atoms with Gasteiger partial charge in [-0.05, 0) is 31.4 Å². The van der Waals surface area contributed by atoms with Crippen molar-refractivity contribution in [3.63, 3.8) is 0 Å². The van der Waals surface area contributed by atoms with E-state index in [4.69, 9.17) is 10.9 Å². The molecule has 1 aliphatic carbocycles. The Labute approximate surface area is 107 Å². The highest BCUT2D eigenvalue weighted by Gasteiger charge is 2.24. The molecule has 0 aromatic carbocycles. The van der Waals surface area contributed by atoms with Crippen LogP contribution in [0.3, 0.4) is 0 Å². The molecular formula is C13H20N4O. The Kier molecular flexibility index (Phi) is 3.69. The molecule has 1 aliphatic rings. The van der Waals surface area contributed by atoms with Gasteiger partial charge in [0.15, 0.2) is 5.84 Å². The second-order valence-electron chi connectivity index (χ2n) is 4.86. The van der Waals surface area contributed by atoms with E-state index in [1.54, 1.807) is 6.20 Å². The van der Waals surface area contributed by atoms with Crippen LogP contribution in [-0.4, -0.2) is 29.1 Å². The maximum atomic E-state index is 8.90. The lowest BCUT2D eigenvalue weighted by molar-refractivity contribution is 0.318. The zero-order chi connectivity index (χ0) is 13.1. The van der Waals surface area contributed by atoms with Gasteiger partial charge in [0.05, 0.1) is 5.56 Å². The molecule has 1 fully saturated rings. The molecule has 0 amide bonds. The lowest BCUT2D eigenvalue weighted by Crippen LogP contribution is -2.32. The van der Waals surface area contributed by atoms with Crippen LogP contribution in [0, 0.1) is 6.92 Å². The van der Waals surface area contributed by atoms with E-state index in [9.17, 15) is 0 Å². The highest BCUT2D eigenvalue weighted by molar-refractivity contribution is 6.02. The molecule has 3 N–H and O–H groups in total. The SMILES string of the molecule is Cc1ccnc(N(C)C2CCCC2)c1/C(N)=N/O. The second kappa shape index (κ2) is 5.25. The minimum Gasteiger partial charge on any atom is -0.409 e. The fraction of sp³-hybridized carbons (Fsp3) is 0.538. The molecule has 18 heavy (non-hydrogen) atoms. The summed E-state index contributed by atoms with van der Waals surface area (Å²) in [7, 11) is 2.03. The maximum absolute atomic E-state index is 8.90. The molecule has 1 aromatic heterocycles. The van der Waals surface area contributed by atoms with Gasteiger partial charge in [0, 0.05) is 19.3 Å². The highest BCUT2D eigenvalue weighted by Crippen LogP contribution is 2.28. The van der Waals surface area contributed by atoms with Crippen molar-refractivity contribution in [3.05, 3.63) is 23.4 Å². The summed E-state index contributed by atoms with van der Waals surface area (Å²) < 4.78 is 0. The van der Waals surface area contributed by atoms with Crippen LogP contribution in [0.1, 0.15) is 36.8 Å². The predicted molar refractivity (Wildman–Crippen MR) is 72.1 cm³/mol. The van der Waals surface area contributed by atoms with Gasteiger partial charge in [0.2, 0.25) is 0 Å². The van der Waals surface area contributed by atoms with Crippen LogP contribution in [0.5, 0.6) is 0 Å². The topological polar surface area (TPSA) is 74.7 Å². The summed E-state index contributed by atoms with van der Waals surface area (Å²) in [6.07, 6.45) is 6.66. The normalized spacial score (nSPS) is 17.1. The lowest BCUT2D eigenvalue weighted by Gasteiger charge is -2.27. The van der Waals surface area contributed by atoms with E-state index in [2.05, 4.69) is 15.0 Å². The molecule has 5 nitrogen and oxygen atoms in total. The quantitative estimate of drug-likeness (QED) is 0.370. The number of anilines is 1. The lowest BCUT2D eigenvalue weighted by atomic mass is 10.1. The van der Waals surface area contributed by atoms with E-state index in [-0.39, 0.29) is 5.84 Å². The second-order valence-corrected chi connectivity index (χ2v) is 4.86. The van der Waals surface area contributed by atoms with Gasteiger partial charge in [-0.3, -0.25) is 0 Å². The van der Waals surface area contributed by atoms with Crippen molar-refractivity contribution in [1.82, 2.24) is 4.98 Å². The molecule has 0 atom stereocenters. The van der Waals surface area contributed by atoms with E-state index < -0.39 is 0 Å². The fourth-order valence-corrected chi connectivity index (χ4v) is 2.64. The molecule has 1 heterocycles. The zero-order valence-corrected chi connectivity index (χ0v) is 10.9. The summed E-state index contributed by atoms with van der Waals surface area (Å²) in [6.45, 7) is 1.95. The number of oxime groups is 1. The average molecular weight is 248 g/mol. The number of aromatic nitrogens is 1. The van der Waals surface area contributed by atoms with Crippen molar-refractivity contribution in [2.75, 3.05) is 11.9 Å². The first-order valence-electron chi connectivity index (χ1n) is 6.31. The van der Waals surface area contributed by atoms with Crippen LogP contribution in [-0.2, 0) is 0 Å². The molecule has 1 saturated carbocycles. The number of pyridine rings is 1. The molecular weight excluding hydrogens is 228 g/mol. The van der Waals surface area contributed by atoms with Crippen LogP contribution in [0.25, 0.3) is 0 Å². The molecule has 0 aliphatic heterocycles. The summed E-state index contributed by atoms with van der Waals surface area (Å²) in [5.41, 5.74) is 7.47. The summed E-state index contributed by atoms with van der Waals surface area (Å²) in [6, 6.07) is 2.38. The fourth-order valence-electron chi connectivity index (χ4n) is 2.64. The van der Waals surface area contributed by atoms with Crippen molar-refractivity contribution in [3.8, 4) is 0 Å². The summed E-state index contributed by atoms with van der Waals surface area (Å²) in [5, 5.41) is 12.0. The Morgan fingerprint density at radius 3 is 2.78 bits per heavy atom. The predicted octanol–water partition coefficient (Wildman–Crippen LogP) is 1.86. The summed E-state index contributed by atoms with van der Waals surface area (Å²) in [5.74, 6) is 0.928. The highest BCUT2D eigenvalue weighted by atomic mass is 16.4. The Morgan fingerprint density at radius 1 is 1.50 bits per heavy atom. The van der Waals surface area contributed by atoms with Gasteiger partial charge < -0.3 is 15.8 Å². The summed E-state index contributed by atoms with van der Waals surface area (Å²) in [4.78, 5) is 6.57. The van der Waals surface area contributed by atoms with Crippen molar-refractivity contribution in [2.24, 2.45) is 10.9 Å². The molecule has 0 unspecified atom stereocenters. The van der Waals surface area contributed by atoms with Crippen LogP contribution in [0.15, 0.2) is 17.4 Å². The van der Waals surface area contributed by atoms with Crippen molar-refractivity contribution in [1.29, 1.82) is 0 Å². The smallest absolute Gasteiger partial charge is 0.174 e. The number of nitrogens with zero attached hydrogens (tertiary/aromatic N) is 3. The Bertz CT molecular complexity index is 452. The first kappa shape index (κ1) is 12.7. The minimum absolute atomic E-state index is 0.125. The van der Waals surface area contributed by atoms with Gasteiger partial charge in [-0.2, -0.15) is 0 Å². The molecule has 0 radical (unpaired) electrons. The van der Waals surface area contributed by atoms with Crippen molar-refractivity contribution >= 4 is 11.7 Å². The number of nitrogens with two attached hydrogens (primary N) is 1. The van der Waals surface area contributed by atoms with Gasteiger partial charge >= 0.3 is 0 Å². The first-order chi connectivity index (χ1) is 8.65. The third kappa shape index (κ3) is 2.25. The van der Waals surface area contributed by atoms with E-state index >= 15 is 0 Å². The van der Waals surface area contributed by atoms with Crippen LogP contribution in [0.2, 0.25) is 0 Å². The Morgan fingerprint density at radius 2 is 2.17 bits per heavy atom. The first-order valence-corrected chi connectivity index (χ1v) is 6.31. The third-order valence-electron chi connectivity index (χ3n) is 3.71. The standard InChI is InChI=1S/C13H20N4O/c1-9-7-8-15-13(11(9)12(14)16-18)17(2)10-5-3-4-6-10/h7-8,10,18H,3-6H2,1-2H3,(H2,14,16). The number of aryl methyl sites for hydroxylation is 1. The zero-order valence-electron chi connectivity index (χ0n) is 10.9. The largest absolute Gasteiger partial charge is 0.409 e. The third-order valence-corrected chi connectivity index (χ3v) is 3.71. The maximum Gasteiger partial charge on any atom is 0.174 e. The van der Waals surface area contributed by atoms with Gasteiger partial charge in [-0.15, -0.1) is 0 Å². The number of hydrogen-bond donors (Lipinski definition) is 2. The number of amidine groups is 1. The average Bonchev–Trinajstić information content (AvgIpc) is 2.90. The molecule has 98 valence electrons. The van der Waals surface area contributed by atoms with Gasteiger partial charge in [-0.25, -0.2) is 4.98 Å². The summed E-state index contributed by atoms with van der Waals surface area (Å²) >= 11 is 0. The van der Waals surface area contributed by atoms with Gasteiger partial charge in [0.25, 0.3) is 0 Å². The van der Waals surface area contributed by atoms with E-state index in [1.165, 1.54) is 25.7 Å². The van der Waals surface area contributed by atoms with Crippen LogP contribution in [0.4, 0.5) is 5.82 Å². The molecule has 0 saturated heterocycles. The number of rotatable bonds is 3. The van der Waals surface area contributed by atoms with E-state index in [0.717, 1.165) is 16.9 Å². The monoisotopic (exact) mass is 248 g/mol. The minimum atomic E-state index is 0.125. The van der Waals surface area contributed by atoms with Gasteiger partial charge in [-0.1, -0.05) is 18.0 Å². The Hall–Kier alpha value is -1.78. The van der Waals surface area contributed by atoms with E-state index in [0.29, 0.717) is 6.04 Å². The number of hydrogen-bond acceptors (Lipinski definition) is 4. The van der Waals surface area contributed by atoms with Crippen LogP contribution >= 0.6 is 0 Å². The molecule has 0 spiro atoms. The molecule has 1 aromatic rings. The van der Waals surface area contributed by atoms with Crippen molar-refractivity contribution < 1.29 is 5.21 Å². The molecule has 0 bridgehead atoms. The van der Waals surface area contributed by atoms with Gasteiger partial charge in [0.1, 0.15) is 5.82 Å².